The van der Waals surface area contributed by atoms with Crippen molar-refractivity contribution in [2.75, 3.05) is 66.1 Å². The van der Waals surface area contributed by atoms with Crippen molar-refractivity contribution in [3.8, 4) is 0 Å². The second kappa shape index (κ2) is 34.9. The Morgan fingerprint density at radius 2 is 0.562 bits per heavy atom. The minimum Gasteiger partial charge on any atom is -0.463 e. The van der Waals surface area contributed by atoms with Crippen molar-refractivity contribution in [3.63, 3.8) is 0 Å². The Kier molecular flexibility index (Phi) is 30.2. The molecule has 0 amide bonds. The zero-order chi connectivity index (χ0) is 85.5. The predicted molar refractivity (Wildman–Crippen MR) is 422 cm³/mol. The van der Waals surface area contributed by atoms with E-state index in [-0.39, 0.29) is 128 Å². The molecule has 27 nitrogen and oxygen atoms in total. The number of hydrogen-bond donors (Lipinski definition) is 0. The first-order valence-corrected chi connectivity index (χ1v) is 41.7. The molecule has 0 aliphatic carbocycles. The van der Waals surface area contributed by atoms with Crippen LogP contribution in [0.5, 0.6) is 0 Å². The molecule has 0 saturated carbocycles. The van der Waals surface area contributed by atoms with Gasteiger partial charge in [-0.1, -0.05) is 104 Å². The van der Waals surface area contributed by atoms with Gasteiger partial charge in [0.15, 0.2) is 28.9 Å². The molecule has 10 fully saturated rings. The zero-order valence-electron chi connectivity index (χ0n) is 76.0. The van der Waals surface area contributed by atoms with Gasteiger partial charge in [0.2, 0.25) is 0 Å². The summed E-state index contributed by atoms with van der Waals surface area (Å²) < 4.78 is 66.9. The molecule has 0 N–H and O–H groups in total. The summed E-state index contributed by atoms with van der Waals surface area (Å²) in [5, 5.41) is 9.35. The molecule has 10 heterocycles. The second-order valence-electron chi connectivity index (χ2n) is 39.3. The maximum atomic E-state index is 11.8. The van der Waals surface area contributed by atoms with E-state index in [1.54, 1.807) is 0 Å². The largest absolute Gasteiger partial charge is 0.463 e. The standard InChI is InChI=1S/C19H33NO6.C19H35NO4.C17H31NO4.C16H29NO4.C14H25NO4/c1-8-17(6)12-19(24-11-16(25-19)10-23-14(4)21)13(3)18(7,9-2)20(17)26-15(5)22;1-9-17(7)11-19(22-12-16(5,6)13-23-19)14(3)18(8,10-2)20(17)24-15(4)21;1-12-16(7,8)18(22-13(2)19)15(5,6)9-17(12)20-10-14(3,4)11-21-17;1-7-14(5)11-16(19-9-10-20-16)12(3)15(6,8-2)17(14)21-13(4)18;1-10-13(5,6)15(19-11(2)16)12(3,4)9-14(10)17-7-8-18-14/h13,16H,8-12H2,1-7H3;14H,9-13H2,1-8H3;12H,9-11H2,1-8H3;12H,7-11H2,1-6H3;10H,7-9H2,1-6H3. The number of ether oxygens (including phenoxy) is 11. The predicted octanol–water partition coefficient (Wildman–Crippen LogP) is 14.9. The zero-order valence-corrected chi connectivity index (χ0v) is 76.0. The van der Waals surface area contributed by atoms with Crippen LogP contribution >= 0.6 is 0 Å². The quantitative estimate of drug-likeness (QED) is 0.155. The van der Waals surface area contributed by atoms with E-state index >= 15 is 0 Å². The highest BCUT2D eigenvalue weighted by atomic mass is 16.8. The van der Waals surface area contributed by atoms with Crippen LogP contribution in [0.15, 0.2) is 0 Å². The van der Waals surface area contributed by atoms with Crippen LogP contribution in [-0.4, -0.2) is 218 Å². The number of carbonyl (C=O) groups excluding carboxylic acids is 6. The maximum absolute atomic E-state index is 11.8. The third kappa shape index (κ3) is 19.4. The summed E-state index contributed by atoms with van der Waals surface area (Å²) in [6.07, 6.45) is 7.95. The van der Waals surface area contributed by atoms with Gasteiger partial charge in [-0.05, 0) is 135 Å². The number of carbonyl (C=O) groups is 6. The molecule has 0 aromatic carbocycles. The third-order valence-electron chi connectivity index (χ3n) is 27.7. The second-order valence-corrected chi connectivity index (χ2v) is 39.3. The molecular weight excluding hydrogens is 1440 g/mol. The SMILES string of the molecule is CC(=O)ON1C(C)(C)CC2(OCC(C)(C)CO2)C(C)C1(C)C.CC(=O)ON1C(C)(C)CC2(OCCO2)C(C)C1(C)C.CCC1(C)CC2(OCC(C)(C)CO2)C(C)C(C)(CC)N1OC(C)=O.CCC1(C)CC2(OCC(COC(C)=O)O2)C(C)C(C)(CC)N1OC(C)=O.CCC1(C)CC2(OCCO2)C(C)C(C)(CC)N1OC(C)=O. The van der Waals surface area contributed by atoms with Gasteiger partial charge in [0.05, 0.1) is 115 Å². The summed E-state index contributed by atoms with van der Waals surface area (Å²) in [5.74, 6) is -4.68. The van der Waals surface area contributed by atoms with E-state index < -0.39 is 45.6 Å². The van der Waals surface area contributed by atoms with E-state index in [0.717, 1.165) is 38.5 Å². The van der Waals surface area contributed by atoms with Crippen molar-refractivity contribution in [1.82, 2.24) is 25.3 Å². The van der Waals surface area contributed by atoms with Gasteiger partial charge in [-0.15, -0.1) is 25.3 Å². The molecule has 10 rings (SSSR count). The van der Waals surface area contributed by atoms with Crippen molar-refractivity contribution in [3.05, 3.63) is 0 Å². The van der Waals surface area contributed by atoms with Crippen molar-refractivity contribution in [2.24, 2.45) is 40.4 Å². The lowest BCUT2D eigenvalue weighted by Gasteiger charge is -2.63. The molecule has 13 atom stereocenters. The fraction of sp³-hybridized carbons (Fsp3) is 0.929. The average molecular weight is 1600 g/mol. The number of rotatable bonds is 13. The van der Waals surface area contributed by atoms with Crippen LogP contribution in [-0.2, 0) is 105 Å². The highest BCUT2D eigenvalue weighted by molar-refractivity contribution is 5.67. The molecule has 0 bridgehead atoms. The highest BCUT2D eigenvalue weighted by Gasteiger charge is 2.69. The number of nitrogens with zero attached hydrogens (tertiary/aromatic N) is 5. The van der Waals surface area contributed by atoms with Crippen LogP contribution in [0.25, 0.3) is 0 Å². The van der Waals surface area contributed by atoms with Crippen LogP contribution in [0.3, 0.4) is 0 Å². The van der Waals surface area contributed by atoms with E-state index in [4.69, 9.17) is 76.3 Å². The summed E-state index contributed by atoms with van der Waals surface area (Å²) in [5.41, 5.74) is -3.59. The Hall–Kier alpha value is -3.78. The number of esters is 1. The molecule has 5 spiro atoms. The minimum atomic E-state index is -0.795. The summed E-state index contributed by atoms with van der Waals surface area (Å²) in [4.78, 5) is 97.3. The van der Waals surface area contributed by atoms with Crippen molar-refractivity contribution in [1.29, 1.82) is 0 Å². The monoisotopic (exact) mass is 1600 g/mol. The lowest BCUT2D eigenvalue weighted by atomic mass is 9.67. The summed E-state index contributed by atoms with van der Waals surface area (Å²) in [6.45, 7) is 75.5. The van der Waals surface area contributed by atoms with Gasteiger partial charge in [0.1, 0.15) is 12.7 Å². The fourth-order valence-electron chi connectivity index (χ4n) is 19.6. The third-order valence-corrected chi connectivity index (χ3v) is 27.7. The van der Waals surface area contributed by atoms with Crippen LogP contribution in [0, 0.1) is 40.4 Å². The van der Waals surface area contributed by atoms with E-state index in [9.17, 15) is 28.8 Å². The average Bonchev–Trinajstić information content (AvgIpc) is 1.36. The molecule has 650 valence electrons. The van der Waals surface area contributed by atoms with Crippen molar-refractivity contribution in [2.45, 2.75) is 403 Å². The van der Waals surface area contributed by atoms with Gasteiger partial charge in [0, 0.05) is 114 Å². The molecule has 0 aromatic heterocycles. The lowest BCUT2D eigenvalue weighted by Crippen LogP contribution is -2.73. The van der Waals surface area contributed by atoms with Gasteiger partial charge in [-0.3, -0.25) is 28.8 Å². The maximum Gasteiger partial charge on any atom is 0.322 e. The van der Waals surface area contributed by atoms with E-state index in [2.05, 4.69) is 201 Å². The van der Waals surface area contributed by atoms with Crippen molar-refractivity contribution < 1.29 is 105 Å². The molecular formula is C85H153N5O22. The Morgan fingerprint density at radius 3 is 0.830 bits per heavy atom. The number of piperidine rings is 5. The molecule has 13 unspecified atom stereocenters. The summed E-state index contributed by atoms with van der Waals surface area (Å²) in [7, 11) is 0. The fourth-order valence-corrected chi connectivity index (χ4v) is 19.6. The van der Waals surface area contributed by atoms with Gasteiger partial charge in [-0.25, -0.2) is 0 Å². The molecule has 10 aliphatic heterocycles. The first kappa shape index (κ1) is 97.1. The molecule has 10 aliphatic rings. The molecule has 10 saturated heterocycles. The molecule has 112 heavy (non-hydrogen) atoms. The van der Waals surface area contributed by atoms with Crippen LogP contribution in [0.4, 0.5) is 0 Å². The Morgan fingerprint density at radius 1 is 0.312 bits per heavy atom. The topological polar surface area (TPSA) is 266 Å². The van der Waals surface area contributed by atoms with Crippen LogP contribution < -0.4 is 0 Å². The van der Waals surface area contributed by atoms with E-state index in [1.165, 1.54) is 41.5 Å². The minimum absolute atomic E-state index is 0.0310. The van der Waals surface area contributed by atoms with Gasteiger partial charge < -0.3 is 76.3 Å². The van der Waals surface area contributed by atoms with Gasteiger partial charge in [0.25, 0.3) is 0 Å². The van der Waals surface area contributed by atoms with Gasteiger partial charge in [-0.2, -0.15) is 0 Å². The Bertz CT molecular complexity index is 3220. The van der Waals surface area contributed by atoms with Crippen LogP contribution in [0.1, 0.15) is 313 Å². The van der Waals surface area contributed by atoms with Crippen molar-refractivity contribution >= 4 is 35.8 Å². The normalized spacial score (nSPS) is 37.1. The smallest absolute Gasteiger partial charge is 0.322 e. The summed E-state index contributed by atoms with van der Waals surface area (Å²) >= 11 is 0. The highest BCUT2D eigenvalue weighted by Crippen LogP contribution is 2.59. The number of hydrogen-bond acceptors (Lipinski definition) is 27. The Balaban J connectivity index is 0.000000219. The number of hydroxylamine groups is 10. The lowest BCUT2D eigenvalue weighted by molar-refractivity contribution is -0.399. The molecule has 27 heteroatoms. The first-order chi connectivity index (χ1) is 51.2. The Labute approximate surface area is 673 Å². The van der Waals surface area contributed by atoms with E-state index in [0.29, 0.717) is 91.6 Å². The van der Waals surface area contributed by atoms with Gasteiger partial charge >= 0.3 is 35.8 Å². The first-order valence-electron chi connectivity index (χ1n) is 41.7. The molecule has 0 aromatic rings. The summed E-state index contributed by atoms with van der Waals surface area (Å²) in [6, 6.07) is 0. The molecule has 0 radical (unpaired) electrons. The van der Waals surface area contributed by atoms with E-state index in [1.807, 2.05) is 25.3 Å². The van der Waals surface area contributed by atoms with Crippen LogP contribution in [0.2, 0.25) is 0 Å².